The van der Waals surface area contributed by atoms with Gasteiger partial charge >= 0.3 is 0 Å². The van der Waals surface area contributed by atoms with Crippen molar-refractivity contribution in [2.75, 3.05) is 26.2 Å². The third kappa shape index (κ3) is 4.89. The van der Waals surface area contributed by atoms with Gasteiger partial charge in [-0.3, -0.25) is 9.59 Å². The van der Waals surface area contributed by atoms with Gasteiger partial charge in [0.05, 0.1) is 18.7 Å². The molecule has 0 atom stereocenters. The molecule has 0 fully saturated rings. The monoisotopic (exact) mass is 288 g/mol. The highest BCUT2D eigenvalue weighted by atomic mass is 16.2. The number of hydrogen-bond acceptors (Lipinski definition) is 4. The van der Waals surface area contributed by atoms with Crippen LogP contribution in [0.25, 0.3) is 0 Å². The Morgan fingerprint density at radius 3 is 2.71 bits per heavy atom. The number of nitrogens with zero attached hydrogens (tertiary/aromatic N) is 2. The molecule has 0 unspecified atom stereocenters. The Labute approximate surface area is 124 Å². The van der Waals surface area contributed by atoms with Crippen LogP contribution >= 0.6 is 0 Å². The molecule has 3 N–H and O–H groups in total. The van der Waals surface area contributed by atoms with E-state index in [1.165, 1.54) is 6.20 Å². The van der Waals surface area contributed by atoms with Crippen molar-refractivity contribution < 1.29 is 9.59 Å². The number of nitrogens with one attached hydrogen (secondary N) is 1. The molecular weight excluding hydrogens is 268 g/mol. The molecule has 21 heavy (non-hydrogen) atoms. The van der Waals surface area contributed by atoms with E-state index in [2.05, 4.69) is 22.1 Å². The molecule has 0 aliphatic rings. The van der Waals surface area contributed by atoms with Crippen molar-refractivity contribution in [1.82, 2.24) is 15.2 Å². The van der Waals surface area contributed by atoms with Gasteiger partial charge in [-0.25, -0.2) is 4.98 Å². The maximum atomic E-state index is 12.1. The Balaban J connectivity index is 2.74. The number of rotatable bonds is 5. The van der Waals surface area contributed by atoms with Gasteiger partial charge < -0.3 is 16.0 Å². The fourth-order valence-electron chi connectivity index (χ4n) is 1.76. The van der Waals surface area contributed by atoms with E-state index in [4.69, 9.17) is 5.73 Å². The molecule has 2 amide bonds. The van der Waals surface area contributed by atoms with Gasteiger partial charge in [-0.15, -0.1) is 0 Å². The molecular formula is C15H20N4O2. The molecule has 1 aromatic heterocycles. The van der Waals surface area contributed by atoms with Crippen LogP contribution in [0.3, 0.4) is 0 Å². The summed E-state index contributed by atoms with van der Waals surface area (Å²) in [5.74, 6) is 4.93. The molecule has 0 radical (unpaired) electrons. The van der Waals surface area contributed by atoms with Crippen molar-refractivity contribution in [3.05, 3.63) is 29.6 Å². The zero-order chi connectivity index (χ0) is 15.7. The number of aromatic nitrogens is 1. The largest absolute Gasteiger partial charge is 0.342 e. The van der Waals surface area contributed by atoms with E-state index >= 15 is 0 Å². The normalized spacial score (nSPS) is 9.48. The summed E-state index contributed by atoms with van der Waals surface area (Å²) in [5, 5.41) is 2.57. The summed E-state index contributed by atoms with van der Waals surface area (Å²) in [6, 6.07) is 3.38. The topological polar surface area (TPSA) is 88.3 Å². The summed E-state index contributed by atoms with van der Waals surface area (Å²) in [5.41, 5.74) is 6.02. The van der Waals surface area contributed by atoms with Gasteiger partial charge in [-0.1, -0.05) is 11.8 Å². The lowest BCUT2D eigenvalue weighted by atomic mass is 10.2. The van der Waals surface area contributed by atoms with Crippen LogP contribution in [-0.4, -0.2) is 47.9 Å². The van der Waals surface area contributed by atoms with Crippen molar-refractivity contribution in [3.8, 4) is 11.8 Å². The molecule has 0 aliphatic heterocycles. The zero-order valence-corrected chi connectivity index (χ0v) is 12.3. The Morgan fingerprint density at radius 1 is 1.38 bits per heavy atom. The second kappa shape index (κ2) is 8.72. The number of nitrogens with two attached hydrogens (primary N) is 1. The Bertz CT molecular complexity index is 556. The number of carbonyl (C=O) groups is 2. The van der Waals surface area contributed by atoms with E-state index < -0.39 is 5.91 Å². The molecule has 6 heteroatoms. The van der Waals surface area contributed by atoms with Crippen molar-refractivity contribution in [2.45, 2.75) is 13.8 Å². The minimum Gasteiger partial charge on any atom is -0.342 e. The standard InChI is InChI=1S/C15H20N4O2/c1-3-19(4-2)13(20)11-18-15(21)14-12(7-5-9-16)8-6-10-17-14/h6,8,10H,3-4,9,11,16H2,1-2H3,(H,18,21). The number of pyridine rings is 1. The van der Waals surface area contributed by atoms with Gasteiger partial charge in [0, 0.05) is 19.3 Å². The van der Waals surface area contributed by atoms with E-state index in [9.17, 15) is 9.59 Å². The smallest absolute Gasteiger partial charge is 0.271 e. The first-order chi connectivity index (χ1) is 10.1. The van der Waals surface area contributed by atoms with Crippen LogP contribution in [0, 0.1) is 11.8 Å². The third-order valence-corrected chi connectivity index (χ3v) is 2.86. The predicted molar refractivity (Wildman–Crippen MR) is 80.4 cm³/mol. The van der Waals surface area contributed by atoms with Crippen LogP contribution in [0.1, 0.15) is 29.9 Å². The number of amides is 2. The molecule has 0 saturated heterocycles. The molecule has 1 heterocycles. The summed E-state index contributed by atoms with van der Waals surface area (Å²) in [7, 11) is 0. The minimum atomic E-state index is -0.419. The number of hydrogen-bond donors (Lipinski definition) is 2. The van der Waals surface area contributed by atoms with E-state index in [1.54, 1.807) is 17.0 Å². The first-order valence-electron chi connectivity index (χ1n) is 6.83. The molecule has 0 spiro atoms. The Morgan fingerprint density at radius 2 is 2.10 bits per heavy atom. The molecule has 112 valence electrons. The van der Waals surface area contributed by atoms with Gasteiger partial charge in [0.2, 0.25) is 5.91 Å². The summed E-state index contributed by atoms with van der Waals surface area (Å²) in [4.78, 5) is 29.6. The van der Waals surface area contributed by atoms with Crippen molar-refractivity contribution in [1.29, 1.82) is 0 Å². The van der Waals surface area contributed by atoms with Crippen molar-refractivity contribution in [3.63, 3.8) is 0 Å². The van der Waals surface area contributed by atoms with Gasteiger partial charge in [-0.05, 0) is 26.0 Å². The van der Waals surface area contributed by atoms with Crippen molar-refractivity contribution >= 4 is 11.8 Å². The van der Waals surface area contributed by atoms with Crippen LogP contribution in [0.5, 0.6) is 0 Å². The van der Waals surface area contributed by atoms with Crippen LogP contribution in [0.2, 0.25) is 0 Å². The summed E-state index contributed by atoms with van der Waals surface area (Å²) < 4.78 is 0. The van der Waals surface area contributed by atoms with Crippen LogP contribution in [0.15, 0.2) is 18.3 Å². The lowest BCUT2D eigenvalue weighted by molar-refractivity contribution is -0.129. The van der Waals surface area contributed by atoms with E-state index in [0.717, 1.165) is 0 Å². The van der Waals surface area contributed by atoms with Gasteiger partial charge in [-0.2, -0.15) is 0 Å². The molecule has 1 aromatic rings. The third-order valence-electron chi connectivity index (χ3n) is 2.86. The zero-order valence-electron chi connectivity index (χ0n) is 12.3. The van der Waals surface area contributed by atoms with Crippen LogP contribution < -0.4 is 11.1 Å². The summed E-state index contributed by atoms with van der Waals surface area (Å²) in [6.45, 7) is 5.16. The van der Waals surface area contributed by atoms with Crippen LogP contribution in [-0.2, 0) is 4.79 Å². The van der Waals surface area contributed by atoms with Gasteiger partial charge in [0.1, 0.15) is 5.69 Å². The lowest BCUT2D eigenvalue weighted by Gasteiger charge is -2.18. The molecule has 6 nitrogen and oxygen atoms in total. The van der Waals surface area contributed by atoms with Crippen molar-refractivity contribution in [2.24, 2.45) is 5.73 Å². The molecule has 0 saturated carbocycles. The number of carbonyl (C=O) groups excluding carboxylic acids is 2. The number of likely N-dealkylation sites (N-methyl/N-ethyl adjacent to an activating group) is 1. The van der Waals surface area contributed by atoms with Gasteiger partial charge in [0.25, 0.3) is 5.91 Å². The lowest BCUT2D eigenvalue weighted by Crippen LogP contribution is -2.40. The maximum absolute atomic E-state index is 12.1. The quantitative estimate of drug-likeness (QED) is 0.746. The van der Waals surface area contributed by atoms with E-state index in [0.29, 0.717) is 18.7 Å². The fraction of sp³-hybridized carbons (Fsp3) is 0.400. The highest BCUT2D eigenvalue weighted by molar-refractivity contribution is 5.96. The Kier molecular flexibility index (Phi) is 6.92. The summed E-state index contributed by atoms with van der Waals surface area (Å²) >= 11 is 0. The molecule has 1 rings (SSSR count). The van der Waals surface area contributed by atoms with E-state index in [-0.39, 0.29) is 24.7 Å². The fourth-order valence-corrected chi connectivity index (χ4v) is 1.76. The highest BCUT2D eigenvalue weighted by Gasteiger charge is 2.15. The average Bonchev–Trinajstić information content (AvgIpc) is 2.52. The second-order valence-electron chi connectivity index (χ2n) is 4.15. The minimum absolute atomic E-state index is 0.0547. The average molecular weight is 288 g/mol. The van der Waals surface area contributed by atoms with E-state index in [1.807, 2.05) is 13.8 Å². The SMILES string of the molecule is CCN(CC)C(=O)CNC(=O)c1ncccc1C#CCN. The predicted octanol–water partition coefficient (Wildman–Crippen LogP) is -0.01000. The molecule has 0 aromatic carbocycles. The molecule has 0 aliphatic carbocycles. The maximum Gasteiger partial charge on any atom is 0.271 e. The molecule has 0 bridgehead atoms. The Hall–Kier alpha value is -2.39. The highest BCUT2D eigenvalue weighted by Crippen LogP contribution is 2.03. The first kappa shape index (κ1) is 16.7. The van der Waals surface area contributed by atoms with Gasteiger partial charge in [0.15, 0.2) is 0 Å². The first-order valence-corrected chi connectivity index (χ1v) is 6.83. The van der Waals surface area contributed by atoms with Crippen LogP contribution in [0.4, 0.5) is 0 Å². The summed E-state index contributed by atoms with van der Waals surface area (Å²) in [6.07, 6.45) is 1.51. The second-order valence-corrected chi connectivity index (χ2v) is 4.15.